The van der Waals surface area contributed by atoms with Gasteiger partial charge in [0.2, 0.25) is 0 Å². The Morgan fingerprint density at radius 1 is 0.944 bits per heavy atom. The van der Waals surface area contributed by atoms with Crippen molar-refractivity contribution in [3.63, 3.8) is 0 Å². The average molecular weight is 494 g/mol. The molecule has 0 spiro atoms. The second-order valence-corrected chi connectivity index (χ2v) is 9.46. The molecule has 178 valence electrons. The fourth-order valence-corrected chi connectivity index (χ4v) is 5.27. The highest BCUT2D eigenvalue weighted by Crippen LogP contribution is 2.40. The molecule has 0 saturated heterocycles. The quantitative estimate of drug-likeness (QED) is 0.173. The standard InChI is InChI=1S/C28H23N5O2S/c1-18-12-14-19(15-13-18)33-27(35)20-8-4-5-9-22(20)30-28(33)36-17-25(34)21(16-29)26-31(2)23-10-6-7-11-24(23)32(26)3/h4-15H,17H2,1-3H3. The van der Waals surface area contributed by atoms with Crippen LogP contribution in [0.2, 0.25) is 0 Å². The molecule has 1 aromatic heterocycles. The molecule has 0 amide bonds. The molecular weight excluding hydrogens is 470 g/mol. The van der Waals surface area contributed by atoms with Crippen molar-refractivity contribution in [2.75, 3.05) is 29.6 Å². The SMILES string of the molecule is Cc1ccc(-n2c(SCC(=O)C(C#N)=C3N(C)c4ccccc4N3C)nc3ccccc3c2=O)cc1. The summed E-state index contributed by atoms with van der Waals surface area (Å²) in [6.07, 6.45) is 0. The molecule has 0 bridgehead atoms. The lowest BCUT2D eigenvalue weighted by molar-refractivity contribution is -0.112. The number of para-hydroxylation sites is 3. The predicted octanol–water partition coefficient (Wildman–Crippen LogP) is 4.68. The predicted molar refractivity (Wildman–Crippen MR) is 144 cm³/mol. The number of allylic oxidation sites excluding steroid dienone is 1. The number of nitrogens with zero attached hydrogens (tertiary/aromatic N) is 5. The minimum Gasteiger partial charge on any atom is -0.328 e. The Kier molecular flexibility index (Phi) is 6.08. The van der Waals surface area contributed by atoms with E-state index in [1.807, 2.05) is 85.4 Å². The highest BCUT2D eigenvalue weighted by atomic mass is 32.2. The number of aryl methyl sites for hydroxylation is 1. The Bertz CT molecular complexity index is 1600. The number of anilines is 2. The Morgan fingerprint density at radius 2 is 1.56 bits per heavy atom. The van der Waals surface area contributed by atoms with Gasteiger partial charge in [-0.2, -0.15) is 5.26 Å². The largest absolute Gasteiger partial charge is 0.328 e. The van der Waals surface area contributed by atoms with Gasteiger partial charge in [-0.05, 0) is 43.3 Å². The van der Waals surface area contributed by atoms with Crippen LogP contribution < -0.4 is 15.4 Å². The first-order valence-electron chi connectivity index (χ1n) is 11.4. The van der Waals surface area contributed by atoms with E-state index in [2.05, 4.69) is 6.07 Å². The van der Waals surface area contributed by atoms with E-state index in [0.29, 0.717) is 27.6 Å². The number of carbonyl (C=O) groups excluding carboxylic acids is 1. The van der Waals surface area contributed by atoms with Crippen molar-refractivity contribution >= 4 is 39.8 Å². The summed E-state index contributed by atoms with van der Waals surface area (Å²) in [6, 6.07) is 24.6. The summed E-state index contributed by atoms with van der Waals surface area (Å²) < 4.78 is 1.53. The molecule has 4 aromatic rings. The zero-order valence-electron chi connectivity index (χ0n) is 20.1. The Labute approximate surface area is 212 Å². The summed E-state index contributed by atoms with van der Waals surface area (Å²) in [5.41, 5.74) is 4.01. The number of carbonyl (C=O) groups is 1. The second-order valence-electron chi connectivity index (χ2n) is 8.52. The van der Waals surface area contributed by atoms with Crippen LogP contribution in [-0.2, 0) is 4.79 Å². The maximum Gasteiger partial charge on any atom is 0.266 e. The molecule has 8 heteroatoms. The normalized spacial score (nSPS) is 12.6. The molecular formula is C28H23N5O2S. The van der Waals surface area contributed by atoms with E-state index in [9.17, 15) is 14.9 Å². The summed E-state index contributed by atoms with van der Waals surface area (Å²) in [4.78, 5) is 35.2. The summed E-state index contributed by atoms with van der Waals surface area (Å²) in [5, 5.41) is 10.8. The zero-order valence-corrected chi connectivity index (χ0v) is 20.9. The van der Waals surface area contributed by atoms with Crippen LogP contribution >= 0.6 is 11.8 Å². The number of nitriles is 1. The van der Waals surface area contributed by atoms with E-state index in [1.54, 1.807) is 18.2 Å². The van der Waals surface area contributed by atoms with E-state index in [4.69, 9.17) is 4.98 Å². The van der Waals surface area contributed by atoms with Crippen LogP contribution in [0.15, 0.2) is 94.1 Å². The molecule has 0 fully saturated rings. The number of benzene rings is 3. The molecule has 3 aromatic carbocycles. The number of Topliss-reactive ketones (excluding diaryl/α,β-unsaturated/α-hetero) is 1. The third-order valence-corrected chi connectivity index (χ3v) is 7.16. The van der Waals surface area contributed by atoms with Crippen LogP contribution in [0.4, 0.5) is 11.4 Å². The van der Waals surface area contributed by atoms with E-state index in [1.165, 1.54) is 4.57 Å². The average Bonchev–Trinajstić information content (AvgIpc) is 3.14. The molecule has 1 aliphatic rings. The fourth-order valence-electron chi connectivity index (χ4n) is 4.39. The van der Waals surface area contributed by atoms with Crippen molar-refractivity contribution in [1.29, 1.82) is 5.26 Å². The maximum absolute atomic E-state index is 13.4. The molecule has 1 aliphatic heterocycles. The van der Waals surface area contributed by atoms with Crippen LogP contribution in [0.5, 0.6) is 0 Å². The molecule has 2 heterocycles. The van der Waals surface area contributed by atoms with E-state index < -0.39 is 0 Å². The second kappa shape index (κ2) is 9.36. The Balaban J connectivity index is 1.53. The number of hydrogen-bond donors (Lipinski definition) is 0. The Morgan fingerprint density at radius 3 is 2.19 bits per heavy atom. The van der Waals surface area contributed by atoms with E-state index >= 15 is 0 Å². The number of aromatic nitrogens is 2. The molecule has 36 heavy (non-hydrogen) atoms. The van der Waals surface area contributed by atoms with Crippen molar-refractivity contribution < 1.29 is 4.79 Å². The van der Waals surface area contributed by atoms with Gasteiger partial charge < -0.3 is 9.80 Å². The van der Waals surface area contributed by atoms with Crippen LogP contribution in [0, 0.1) is 18.3 Å². The Hall–Kier alpha value is -4.35. The first-order chi connectivity index (χ1) is 17.4. The number of ketones is 1. The minimum absolute atomic E-state index is 0.0406. The number of hydrogen-bond acceptors (Lipinski definition) is 7. The van der Waals surface area contributed by atoms with Crippen LogP contribution in [-0.4, -0.2) is 35.2 Å². The van der Waals surface area contributed by atoms with Gasteiger partial charge in [0.25, 0.3) is 5.56 Å². The minimum atomic E-state index is -0.332. The van der Waals surface area contributed by atoms with Gasteiger partial charge in [-0.25, -0.2) is 4.98 Å². The van der Waals surface area contributed by atoms with Crippen LogP contribution in [0.25, 0.3) is 16.6 Å². The summed E-state index contributed by atoms with van der Waals surface area (Å²) in [5.74, 6) is 0.162. The van der Waals surface area contributed by atoms with Gasteiger partial charge in [0.05, 0.1) is 33.7 Å². The molecule has 0 N–H and O–H groups in total. The monoisotopic (exact) mass is 493 g/mol. The van der Waals surface area contributed by atoms with Crippen molar-refractivity contribution in [2.45, 2.75) is 12.1 Å². The van der Waals surface area contributed by atoms with Crippen LogP contribution in [0.3, 0.4) is 0 Å². The van der Waals surface area contributed by atoms with Crippen molar-refractivity contribution in [1.82, 2.24) is 9.55 Å². The first-order valence-corrected chi connectivity index (χ1v) is 12.3. The van der Waals surface area contributed by atoms with Crippen molar-refractivity contribution in [2.24, 2.45) is 0 Å². The fraction of sp³-hybridized carbons (Fsp3) is 0.143. The van der Waals surface area contributed by atoms with Gasteiger partial charge >= 0.3 is 0 Å². The first kappa shape index (κ1) is 23.4. The molecule has 0 saturated carbocycles. The lowest BCUT2D eigenvalue weighted by Gasteiger charge is -2.20. The molecule has 7 nitrogen and oxygen atoms in total. The highest BCUT2D eigenvalue weighted by molar-refractivity contribution is 7.99. The molecule has 0 atom stereocenters. The lowest BCUT2D eigenvalue weighted by Crippen LogP contribution is -2.27. The number of thioether (sulfide) groups is 1. The highest BCUT2D eigenvalue weighted by Gasteiger charge is 2.31. The van der Waals surface area contributed by atoms with E-state index in [0.717, 1.165) is 28.7 Å². The molecule has 0 radical (unpaired) electrons. The van der Waals surface area contributed by atoms with E-state index in [-0.39, 0.29) is 22.7 Å². The molecule has 0 unspecified atom stereocenters. The number of fused-ring (bicyclic) bond motifs is 2. The van der Waals surface area contributed by atoms with Gasteiger partial charge in [0, 0.05) is 14.1 Å². The number of rotatable bonds is 5. The van der Waals surface area contributed by atoms with Gasteiger partial charge in [-0.15, -0.1) is 0 Å². The van der Waals surface area contributed by atoms with Gasteiger partial charge in [-0.1, -0.05) is 53.7 Å². The maximum atomic E-state index is 13.4. The molecule has 0 aliphatic carbocycles. The smallest absolute Gasteiger partial charge is 0.266 e. The van der Waals surface area contributed by atoms with Crippen LogP contribution in [0.1, 0.15) is 5.56 Å². The topological polar surface area (TPSA) is 82.2 Å². The summed E-state index contributed by atoms with van der Waals surface area (Å²) in [7, 11) is 3.69. The zero-order chi connectivity index (χ0) is 25.4. The third kappa shape index (κ3) is 3.93. The molecule has 5 rings (SSSR count). The van der Waals surface area contributed by atoms with Gasteiger partial charge in [-0.3, -0.25) is 14.2 Å². The van der Waals surface area contributed by atoms with Gasteiger partial charge in [0.15, 0.2) is 10.9 Å². The lowest BCUT2D eigenvalue weighted by atomic mass is 10.2. The van der Waals surface area contributed by atoms with Crippen molar-refractivity contribution in [3.8, 4) is 11.8 Å². The summed E-state index contributed by atoms with van der Waals surface area (Å²) in [6.45, 7) is 1.98. The third-order valence-electron chi connectivity index (χ3n) is 6.22. The summed E-state index contributed by atoms with van der Waals surface area (Å²) >= 11 is 1.15. The van der Waals surface area contributed by atoms with Gasteiger partial charge in [0.1, 0.15) is 17.5 Å². The van der Waals surface area contributed by atoms with Crippen molar-refractivity contribution in [3.05, 3.63) is 100 Å².